The highest BCUT2D eigenvalue weighted by atomic mass is 16.6. The zero-order chi connectivity index (χ0) is 33.5. The number of amidine groups is 1. The van der Waals surface area contributed by atoms with E-state index in [4.69, 9.17) is 18.9 Å². The molecule has 0 spiro atoms. The predicted octanol–water partition coefficient (Wildman–Crippen LogP) is 7.13. The topological polar surface area (TPSA) is 144 Å². The Hall–Kier alpha value is -5.32. The Morgan fingerprint density at radius 2 is 1.59 bits per heavy atom. The van der Waals surface area contributed by atoms with Crippen molar-refractivity contribution in [1.82, 2.24) is 0 Å². The number of nitro groups is 1. The molecule has 1 heterocycles. The van der Waals surface area contributed by atoms with Crippen LogP contribution < -0.4 is 23.8 Å². The first-order valence-electron chi connectivity index (χ1n) is 14.6. The molecule has 2 N–H and O–H groups in total. The number of non-ortho nitro benzene ring substituents is 1. The maximum atomic E-state index is 14.3. The molecule has 3 aromatic rings. The molecule has 46 heavy (non-hydrogen) atoms. The van der Waals surface area contributed by atoms with Crippen LogP contribution in [0.4, 0.5) is 11.4 Å². The molecular weight excluding hydrogens is 590 g/mol. The van der Waals surface area contributed by atoms with Gasteiger partial charge in [0.25, 0.3) is 5.69 Å². The molecule has 3 aromatic carbocycles. The lowest BCUT2D eigenvalue weighted by Crippen LogP contribution is -2.45. The molecule has 11 nitrogen and oxygen atoms in total. The summed E-state index contributed by atoms with van der Waals surface area (Å²) in [5.74, 6) is 0.170. The van der Waals surface area contributed by atoms with E-state index in [9.17, 15) is 25.4 Å². The van der Waals surface area contributed by atoms with Gasteiger partial charge in [-0.05, 0) is 66.3 Å². The van der Waals surface area contributed by atoms with Crippen molar-refractivity contribution in [2.24, 2.45) is 5.41 Å². The van der Waals surface area contributed by atoms with Gasteiger partial charge in [-0.2, -0.15) is 0 Å². The molecule has 0 saturated carbocycles. The SMILES string of the molecule is COc1ccc(/C(O)=C2\C(=N)N(c3cc([N+](=O)[O-])ccc3C)C3=C(C(=O)CC(C)(C)C3)[C@@H]2c2cc(OC)c(OC)c(OC)c2)cc1. The van der Waals surface area contributed by atoms with Crippen LogP contribution in [0.25, 0.3) is 5.76 Å². The number of carbonyl (C=O) groups is 1. The maximum absolute atomic E-state index is 14.3. The number of aliphatic hydroxyl groups excluding tert-OH is 1. The smallest absolute Gasteiger partial charge is 0.271 e. The van der Waals surface area contributed by atoms with Crippen molar-refractivity contribution in [2.45, 2.75) is 39.5 Å². The number of ether oxygens (including phenoxy) is 4. The predicted molar refractivity (Wildman–Crippen MR) is 174 cm³/mol. The molecule has 1 aliphatic heterocycles. The lowest BCUT2D eigenvalue weighted by Gasteiger charge is -2.45. The summed E-state index contributed by atoms with van der Waals surface area (Å²) in [5.41, 5.74) is 2.39. The number of ketones is 1. The number of Topliss-reactive ketones (excluding diaryl/α,β-unsaturated/α-hetero) is 1. The van der Waals surface area contributed by atoms with Gasteiger partial charge in [0.15, 0.2) is 17.3 Å². The summed E-state index contributed by atoms with van der Waals surface area (Å²) >= 11 is 0. The van der Waals surface area contributed by atoms with Crippen molar-refractivity contribution < 1.29 is 33.8 Å². The van der Waals surface area contributed by atoms with Crippen LogP contribution in [-0.2, 0) is 4.79 Å². The molecule has 11 heteroatoms. The van der Waals surface area contributed by atoms with Crippen LogP contribution >= 0.6 is 0 Å². The molecule has 0 amide bonds. The van der Waals surface area contributed by atoms with E-state index in [-0.39, 0.29) is 35.1 Å². The van der Waals surface area contributed by atoms with Gasteiger partial charge in [0.05, 0.1) is 39.0 Å². The number of aliphatic hydroxyl groups is 1. The normalized spacial score (nSPS) is 18.6. The maximum Gasteiger partial charge on any atom is 0.271 e. The molecule has 240 valence electrons. The average molecular weight is 628 g/mol. The number of aryl methyl sites for hydroxylation is 1. The van der Waals surface area contributed by atoms with Gasteiger partial charge in [-0.3, -0.25) is 25.2 Å². The first kappa shape index (κ1) is 32.1. The summed E-state index contributed by atoms with van der Waals surface area (Å²) in [6, 6.07) is 14.6. The number of allylic oxidation sites excluding steroid dienone is 2. The number of carbonyl (C=O) groups excluding carboxylic acids is 1. The van der Waals surface area contributed by atoms with E-state index >= 15 is 0 Å². The molecule has 5 rings (SSSR count). The summed E-state index contributed by atoms with van der Waals surface area (Å²) < 4.78 is 22.2. The highest BCUT2D eigenvalue weighted by Crippen LogP contribution is 2.53. The minimum Gasteiger partial charge on any atom is -0.507 e. The third kappa shape index (κ3) is 5.53. The summed E-state index contributed by atoms with van der Waals surface area (Å²) in [4.78, 5) is 27.3. The number of nitrogens with one attached hydrogen (secondary N) is 1. The second kappa shape index (κ2) is 12.2. The second-order valence-corrected chi connectivity index (χ2v) is 12.1. The van der Waals surface area contributed by atoms with Gasteiger partial charge in [-0.15, -0.1) is 0 Å². The van der Waals surface area contributed by atoms with Crippen molar-refractivity contribution in [2.75, 3.05) is 33.3 Å². The van der Waals surface area contributed by atoms with Gasteiger partial charge in [-0.25, -0.2) is 0 Å². The Morgan fingerprint density at radius 3 is 2.13 bits per heavy atom. The van der Waals surface area contributed by atoms with Crippen molar-refractivity contribution in [3.05, 3.63) is 98.2 Å². The Morgan fingerprint density at radius 1 is 0.957 bits per heavy atom. The molecule has 0 aromatic heterocycles. The van der Waals surface area contributed by atoms with Crippen LogP contribution in [0.15, 0.2) is 71.4 Å². The molecule has 1 atom stereocenters. The Balaban J connectivity index is 1.92. The van der Waals surface area contributed by atoms with Gasteiger partial charge in [0.1, 0.15) is 17.3 Å². The van der Waals surface area contributed by atoms with Crippen molar-refractivity contribution in [1.29, 1.82) is 5.41 Å². The second-order valence-electron chi connectivity index (χ2n) is 12.1. The lowest BCUT2D eigenvalue weighted by atomic mass is 9.67. The number of anilines is 1. The zero-order valence-electron chi connectivity index (χ0n) is 26.9. The molecule has 0 radical (unpaired) electrons. The van der Waals surface area contributed by atoms with Crippen molar-refractivity contribution in [3.63, 3.8) is 0 Å². The first-order chi connectivity index (χ1) is 21.8. The number of benzene rings is 3. The summed E-state index contributed by atoms with van der Waals surface area (Å²) in [6.07, 6.45) is 0.620. The van der Waals surface area contributed by atoms with Crippen LogP contribution in [0, 0.1) is 27.9 Å². The van der Waals surface area contributed by atoms with Crippen LogP contribution in [-0.4, -0.2) is 50.1 Å². The molecule has 0 bridgehead atoms. The van der Waals surface area contributed by atoms with Gasteiger partial charge in [0.2, 0.25) is 5.75 Å². The average Bonchev–Trinajstić information content (AvgIpc) is 3.03. The number of nitro benzene ring substituents is 1. The molecule has 0 saturated heterocycles. The van der Waals surface area contributed by atoms with E-state index in [1.807, 2.05) is 13.8 Å². The van der Waals surface area contributed by atoms with Gasteiger partial charge >= 0.3 is 0 Å². The Bertz CT molecular complexity index is 1780. The minimum absolute atomic E-state index is 0.125. The molecule has 0 fully saturated rings. The van der Waals surface area contributed by atoms with E-state index < -0.39 is 16.3 Å². The monoisotopic (exact) mass is 627 g/mol. The van der Waals surface area contributed by atoms with Crippen LogP contribution in [0.1, 0.15) is 49.3 Å². The van der Waals surface area contributed by atoms with Gasteiger partial charge in [-0.1, -0.05) is 19.9 Å². The molecule has 2 aliphatic rings. The minimum atomic E-state index is -0.919. The standard InChI is InChI=1S/C35H37N3O8/c1-19-8-11-22(38(41)42)16-24(19)37-25-17-35(2,3)18-26(39)30(25)29(21-14-27(44-5)33(46-7)28(15-21)45-6)31(34(37)36)32(40)20-9-12-23(43-4)13-10-20/h8-16,29,36,40H,17-18H2,1-7H3/b32-31+,36-34?/t29-/m0/s1. The third-order valence-electron chi connectivity index (χ3n) is 8.51. The lowest BCUT2D eigenvalue weighted by molar-refractivity contribution is -0.384. The molecular formula is C35H37N3O8. The van der Waals surface area contributed by atoms with E-state index in [2.05, 4.69) is 0 Å². The van der Waals surface area contributed by atoms with Crippen LogP contribution in [0.5, 0.6) is 23.0 Å². The zero-order valence-corrected chi connectivity index (χ0v) is 26.9. The first-order valence-corrected chi connectivity index (χ1v) is 14.6. The van der Waals surface area contributed by atoms with Crippen molar-refractivity contribution in [3.8, 4) is 23.0 Å². The number of nitrogens with zero attached hydrogens (tertiary/aromatic N) is 2. The van der Waals surface area contributed by atoms with E-state index in [0.29, 0.717) is 63.1 Å². The number of methoxy groups -OCH3 is 4. The fourth-order valence-electron chi connectivity index (χ4n) is 6.34. The van der Waals surface area contributed by atoms with Gasteiger partial charge < -0.3 is 24.1 Å². The van der Waals surface area contributed by atoms with E-state index in [0.717, 1.165) is 0 Å². The summed E-state index contributed by atoms with van der Waals surface area (Å²) in [5, 5.41) is 33.7. The Labute approximate surface area is 267 Å². The third-order valence-corrected chi connectivity index (χ3v) is 8.51. The fraction of sp³-hybridized carbons (Fsp3) is 0.314. The summed E-state index contributed by atoms with van der Waals surface area (Å²) in [7, 11) is 6.00. The highest BCUT2D eigenvalue weighted by Gasteiger charge is 2.47. The molecule has 1 aliphatic carbocycles. The largest absolute Gasteiger partial charge is 0.507 e. The highest BCUT2D eigenvalue weighted by molar-refractivity contribution is 6.20. The van der Waals surface area contributed by atoms with E-state index in [1.165, 1.54) is 40.6 Å². The number of rotatable bonds is 8. The summed E-state index contributed by atoms with van der Waals surface area (Å²) in [6.45, 7) is 5.75. The fourth-order valence-corrected chi connectivity index (χ4v) is 6.34. The van der Waals surface area contributed by atoms with Gasteiger partial charge in [0, 0.05) is 46.9 Å². The Kier molecular flexibility index (Phi) is 8.53. The quantitative estimate of drug-likeness (QED) is 0.151. The number of hydrogen-bond acceptors (Lipinski definition) is 9. The van der Waals surface area contributed by atoms with E-state index in [1.54, 1.807) is 54.3 Å². The van der Waals surface area contributed by atoms with Crippen LogP contribution in [0.2, 0.25) is 0 Å². The molecule has 0 unspecified atom stereocenters. The van der Waals surface area contributed by atoms with Crippen LogP contribution in [0.3, 0.4) is 0 Å². The number of hydrogen-bond donors (Lipinski definition) is 2. The van der Waals surface area contributed by atoms with Crippen molar-refractivity contribution >= 4 is 28.8 Å².